The molecule has 0 aliphatic heterocycles. The molecule has 0 aromatic rings. The van der Waals surface area contributed by atoms with Crippen molar-refractivity contribution in [3.8, 4) is 0 Å². The Morgan fingerprint density at radius 2 is 2.00 bits per heavy atom. The van der Waals surface area contributed by atoms with E-state index < -0.39 is 0 Å². The summed E-state index contributed by atoms with van der Waals surface area (Å²) in [6.07, 6.45) is 1.59. The van der Waals surface area contributed by atoms with Gasteiger partial charge in [-0.3, -0.25) is 0 Å². The van der Waals surface area contributed by atoms with Crippen molar-refractivity contribution in [1.82, 2.24) is 5.32 Å². The van der Waals surface area contributed by atoms with Crippen molar-refractivity contribution in [2.45, 2.75) is 52.3 Å². The summed E-state index contributed by atoms with van der Waals surface area (Å²) in [5.74, 6) is 0. The predicted octanol–water partition coefficient (Wildman–Crippen LogP) is 1.80. The molecule has 1 fully saturated rings. The first-order valence-electron chi connectivity index (χ1n) is 4.77. The van der Waals surface area contributed by atoms with Crippen molar-refractivity contribution in [2.75, 3.05) is 7.11 Å². The summed E-state index contributed by atoms with van der Waals surface area (Å²) in [4.78, 5) is 0. The van der Waals surface area contributed by atoms with Gasteiger partial charge in [-0.15, -0.1) is 0 Å². The summed E-state index contributed by atoms with van der Waals surface area (Å²) >= 11 is 0. The van der Waals surface area contributed by atoms with E-state index in [0.717, 1.165) is 6.42 Å². The highest BCUT2D eigenvalue weighted by Gasteiger charge is 2.48. The van der Waals surface area contributed by atoms with Gasteiger partial charge >= 0.3 is 0 Å². The van der Waals surface area contributed by atoms with Gasteiger partial charge in [0.25, 0.3) is 0 Å². The lowest BCUT2D eigenvalue weighted by atomic mass is 9.64. The Bertz CT molecular complexity index is 154. The molecular formula is C10H21NO. The van der Waals surface area contributed by atoms with Gasteiger partial charge in [-0.2, -0.15) is 0 Å². The SMILES string of the molecule is COC1CC(NC(C)C)C1(C)C. The minimum absolute atomic E-state index is 0.305. The Labute approximate surface area is 75.7 Å². The summed E-state index contributed by atoms with van der Waals surface area (Å²) in [5.41, 5.74) is 0.305. The molecule has 1 saturated carbocycles. The van der Waals surface area contributed by atoms with Crippen LogP contribution >= 0.6 is 0 Å². The smallest absolute Gasteiger partial charge is 0.0652 e. The number of methoxy groups -OCH3 is 1. The zero-order valence-electron chi connectivity index (χ0n) is 8.85. The number of rotatable bonds is 3. The molecule has 1 aliphatic carbocycles. The topological polar surface area (TPSA) is 21.3 Å². The molecule has 1 rings (SSSR count). The first-order valence-corrected chi connectivity index (χ1v) is 4.77. The number of ether oxygens (including phenoxy) is 1. The molecule has 0 saturated heterocycles. The second-order valence-corrected chi connectivity index (χ2v) is 4.66. The third kappa shape index (κ3) is 1.64. The number of hydrogen-bond acceptors (Lipinski definition) is 2. The summed E-state index contributed by atoms with van der Waals surface area (Å²) in [6, 6.07) is 1.20. The fourth-order valence-corrected chi connectivity index (χ4v) is 1.97. The van der Waals surface area contributed by atoms with E-state index >= 15 is 0 Å². The van der Waals surface area contributed by atoms with Gasteiger partial charge in [0.2, 0.25) is 0 Å². The van der Waals surface area contributed by atoms with E-state index in [4.69, 9.17) is 4.74 Å². The molecule has 0 heterocycles. The van der Waals surface area contributed by atoms with Crippen LogP contribution in [0.1, 0.15) is 34.1 Å². The van der Waals surface area contributed by atoms with Gasteiger partial charge in [-0.05, 0) is 6.42 Å². The fourth-order valence-electron chi connectivity index (χ4n) is 1.97. The quantitative estimate of drug-likeness (QED) is 0.699. The van der Waals surface area contributed by atoms with Crippen molar-refractivity contribution >= 4 is 0 Å². The molecule has 12 heavy (non-hydrogen) atoms. The van der Waals surface area contributed by atoms with Gasteiger partial charge in [0.1, 0.15) is 0 Å². The van der Waals surface area contributed by atoms with Crippen molar-refractivity contribution in [2.24, 2.45) is 5.41 Å². The molecule has 0 aromatic carbocycles. The molecule has 0 aromatic heterocycles. The van der Waals surface area contributed by atoms with Crippen LogP contribution < -0.4 is 5.32 Å². The van der Waals surface area contributed by atoms with E-state index in [0.29, 0.717) is 23.6 Å². The van der Waals surface area contributed by atoms with Gasteiger partial charge in [-0.25, -0.2) is 0 Å². The maximum atomic E-state index is 5.37. The Kier molecular flexibility index (Phi) is 2.79. The molecule has 0 spiro atoms. The predicted molar refractivity (Wildman–Crippen MR) is 51.3 cm³/mol. The average Bonchev–Trinajstić information content (AvgIpc) is 1.96. The molecule has 72 valence electrons. The average molecular weight is 171 g/mol. The first-order chi connectivity index (χ1) is 5.48. The highest BCUT2D eigenvalue weighted by molar-refractivity contribution is 5.02. The Morgan fingerprint density at radius 3 is 2.33 bits per heavy atom. The second kappa shape index (κ2) is 3.35. The fraction of sp³-hybridized carbons (Fsp3) is 1.00. The van der Waals surface area contributed by atoms with Crippen molar-refractivity contribution in [3.63, 3.8) is 0 Å². The minimum atomic E-state index is 0.305. The van der Waals surface area contributed by atoms with Gasteiger partial charge in [0.05, 0.1) is 6.10 Å². The maximum Gasteiger partial charge on any atom is 0.0652 e. The Hall–Kier alpha value is -0.0800. The third-order valence-electron chi connectivity index (χ3n) is 3.00. The normalized spacial score (nSPS) is 33.5. The zero-order valence-corrected chi connectivity index (χ0v) is 8.85. The summed E-state index contributed by atoms with van der Waals surface area (Å²) < 4.78 is 5.37. The van der Waals surface area contributed by atoms with Gasteiger partial charge < -0.3 is 10.1 Å². The van der Waals surface area contributed by atoms with Gasteiger partial charge in [0.15, 0.2) is 0 Å². The van der Waals surface area contributed by atoms with Crippen LogP contribution in [0.2, 0.25) is 0 Å². The lowest BCUT2D eigenvalue weighted by Gasteiger charge is -2.52. The monoisotopic (exact) mass is 171 g/mol. The van der Waals surface area contributed by atoms with Crippen LogP contribution in [-0.2, 0) is 4.74 Å². The minimum Gasteiger partial charge on any atom is -0.381 e. The van der Waals surface area contributed by atoms with Gasteiger partial charge in [-0.1, -0.05) is 27.7 Å². The highest BCUT2D eigenvalue weighted by Crippen LogP contribution is 2.42. The molecular weight excluding hydrogens is 150 g/mol. The largest absolute Gasteiger partial charge is 0.381 e. The standard InChI is InChI=1S/C10H21NO/c1-7(2)11-8-6-9(12-5)10(8,3)4/h7-9,11H,6H2,1-5H3. The van der Waals surface area contributed by atoms with E-state index in [1.807, 2.05) is 0 Å². The van der Waals surface area contributed by atoms with Crippen LogP contribution in [0.4, 0.5) is 0 Å². The summed E-state index contributed by atoms with van der Waals surface area (Å²) in [5, 5.41) is 3.55. The van der Waals surface area contributed by atoms with Crippen LogP contribution in [0.3, 0.4) is 0 Å². The first kappa shape index (κ1) is 10.0. The van der Waals surface area contributed by atoms with Crippen LogP contribution in [0, 0.1) is 5.41 Å². The van der Waals surface area contributed by atoms with Crippen LogP contribution in [0.25, 0.3) is 0 Å². The van der Waals surface area contributed by atoms with Crippen molar-refractivity contribution in [3.05, 3.63) is 0 Å². The molecule has 0 radical (unpaired) electrons. The molecule has 2 atom stereocenters. The number of hydrogen-bond donors (Lipinski definition) is 1. The lowest BCUT2D eigenvalue weighted by Crippen LogP contribution is -2.61. The zero-order chi connectivity index (χ0) is 9.35. The number of nitrogens with one attached hydrogen (secondary N) is 1. The molecule has 1 aliphatic rings. The maximum absolute atomic E-state index is 5.37. The van der Waals surface area contributed by atoms with E-state index in [-0.39, 0.29) is 0 Å². The second-order valence-electron chi connectivity index (χ2n) is 4.66. The molecule has 2 unspecified atom stereocenters. The summed E-state index contributed by atoms with van der Waals surface area (Å²) in [7, 11) is 1.80. The van der Waals surface area contributed by atoms with E-state index in [2.05, 4.69) is 33.0 Å². The third-order valence-corrected chi connectivity index (χ3v) is 3.00. The Balaban J connectivity index is 2.42. The summed E-state index contributed by atoms with van der Waals surface area (Å²) in [6.45, 7) is 8.92. The molecule has 0 bridgehead atoms. The molecule has 2 nitrogen and oxygen atoms in total. The molecule has 1 N–H and O–H groups in total. The highest BCUT2D eigenvalue weighted by atomic mass is 16.5. The molecule has 2 heteroatoms. The van der Waals surface area contributed by atoms with E-state index in [1.54, 1.807) is 7.11 Å². The van der Waals surface area contributed by atoms with Crippen molar-refractivity contribution < 1.29 is 4.74 Å². The lowest BCUT2D eigenvalue weighted by molar-refractivity contribution is -0.0993. The van der Waals surface area contributed by atoms with Gasteiger partial charge in [0, 0.05) is 24.6 Å². The molecule has 0 amide bonds. The van der Waals surface area contributed by atoms with E-state index in [1.165, 1.54) is 0 Å². The van der Waals surface area contributed by atoms with Crippen LogP contribution in [0.5, 0.6) is 0 Å². The van der Waals surface area contributed by atoms with Crippen LogP contribution in [0.15, 0.2) is 0 Å². The Morgan fingerprint density at radius 1 is 1.42 bits per heavy atom. The van der Waals surface area contributed by atoms with Crippen LogP contribution in [-0.4, -0.2) is 25.3 Å². The van der Waals surface area contributed by atoms with Crippen molar-refractivity contribution in [1.29, 1.82) is 0 Å². The van der Waals surface area contributed by atoms with E-state index in [9.17, 15) is 0 Å².